The van der Waals surface area contributed by atoms with Crippen molar-refractivity contribution in [3.05, 3.63) is 59.0 Å². The average molecular weight is 455 g/mol. The molecule has 1 aromatic carbocycles. The van der Waals surface area contributed by atoms with E-state index in [1.54, 1.807) is 30.5 Å². The lowest BCUT2D eigenvalue weighted by molar-refractivity contribution is -0.140. The molecule has 1 atom stereocenters. The summed E-state index contributed by atoms with van der Waals surface area (Å²) < 4.78 is 5.56. The second-order valence-corrected chi connectivity index (χ2v) is 8.93. The number of nitrogens with zero attached hydrogens (tertiary/aromatic N) is 3. The number of hydrazone groups is 1. The Balaban J connectivity index is 1.39. The van der Waals surface area contributed by atoms with Gasteiger partial charge in [0.15, 0.2) is 0 Å². The van der Waals surface area contributed by atoms with Gasteiger partial charge in [0, 0.05) is 11.4 Å². The number of halogens is 1. The highest BCUT2D eigenvalue weighted by atomic mass is 35.5. The number of nitrogens with one attached hydrogen (secondary N) is 1. The molecular weight excluding hydrogens is 432 g/mol. The van der Waals surface area contributed by atoms with E-state index in [0.717, 1.165) is 29.7 Å². The van der Waals surface area contributed by atoms with Gasteiger partial charge in [0.2, 0.25) is 0 Å². The van der Waals surface area contributed by atoms with E-state index in [1.807, 2.05) is 12.1 Å². The fourth-order valence-corrected chi connectivity index (χ4v) is 4.91. The molecule has 166 valence electrons. The summed E-state index contributed by atoms with van der Waals surface area (Å²) in [6, 6.07) is 9.80. The van der Waals surface area contributed by atoms with Crippen LogP contribution in [0.3, 0.4) is 0 Å². The van der Waals surface area contributed by atoms with Crippen LogP contribution in [0.25, 0.3) is 0 Å². The van der Waals surface area contributed by atoms with Crippen LogP contribution in [0.15, 0.2) is 52.2 Å². The van der Waals surface area contributed by atoms with E-state index in [1.165, 1.54) is 5.01 Å². The zero-order chi connectivity index (χ0) is 22.3. The van der Waals surface area contributed by atoms with E-state index in [-0.39, 0.29) is 12.5 Å². The average Bonchev–Trinajstić information content (AvgIpc) is 3.51. The van der Waals surface area contributed by atoms with Crippen LogP contribution in [0, 0.1) is 0 Å². The van der Waals surface area contributed by atoms with Crippen molar-refractivity contribution in [1.29, 1.82) is 0 Å². The maximum absolute atomic E-state index is 13.3. The molecule has 3 aliphatic rings. The van der Waals surface area contributed by atoms with Gasteiger partial charge in [-0.05, 0) is 42.7 Å². The van der Waals surface area contributed by atoms with Gasteiger partial charge in [-0.2, -0.15) is 5.10 Å². The Morgan fingerprint density at radius 3 is 2.59 bits per heavy atom. The van der Waals surface area contributed by atoms with Gasteiger partial charge in [-0.1, -0.05) is 43.0 Å². The van der Waals surface area contributed by atoms with E-state index in [4.69, 9.17) is 16.0 Å². The van der Waals surface area contributed by atoms with Gasteiger partial charge in [-0.25, -0.2) is 9.80 Å². The highest BCUT2D eigenvalue weighted by molar-refractivity contribution is 6.30. The molecule has 9 heteroatoms. The minimum atomic E-state index is -0.862. The van der Waals surface area contributed by atoms with E-state index in [0.29, 0.717) is 35.8 Å². The maximum Gasteiger partial charge on any atom is 0.325 e. The number of imide groups is 1. The number of amides is 4. The van der Waals surface area contributed by atoms with Crippen LogP contribution in [-0.2, 0) is 9.59 Å². The molecule has 3 heterocycles. The van der Waals surface area contributed by atoms with Crippen molar-refractivity contribution in [2.24, 2.45) is 5.10 Å². The molecule has 0 radical (unpaired) electrons. The Labute approximate surface area is 190 Å². The Kier molecular flexibility index (Phi) is 5.25. The zero-order valence-corrected chi connectivity index (χ0v) is 18.2. The Morgan fingerprint density at radius 2 is 1.91 bits per heavy atom. The van der Waals surface area contributed by atoms with Crippen molar-refractivity contribution in [1.82, 2.24) is 15.2 Å². The third kappa shape index (κ3) is 3.58. The number of carbonyl (C=O) groups is 3. The topological polar surface area (TPSA) is 95.2 Å². The first-order valence-corrected chi connectivity index (χ1v) is 11.2. The molecule has 1 saturated heterocycles. The van der Waals surface area contributed by atoms with E-state index < -0.39 is 23.5 Å². The lowest BCUT2D eigenvalue weighted by Crippen LogP contribution is -2.49. The number of urea groups is 1. The Morgan fingerprint density at radius 1 is 1.16 bits per heavy atom. The number of benzene rings is 1. The molecule has 5 rings (SSSR count). The molecule has 8 nitrogen and oxygen atoms in total. The van der Waals surface area contributed by atoms with E-state index in [9.17, 15) is 14.4 Å². The molecule has 1 aliphatic carbocycles. The van der Waals surface area contributed by atoms with Crippen molar-refractivity contribution in [2.75, 3.05) is 6.54 Å². The van der Waals surface area contributed by atoms with Crippen LogP contribution >= 0.6 is 11.6 Å². The SMILES string of the molecule is O=C1NC2(CCCCC2)C(=O)N1CC(=O)N1N=C(c2ccc(Cl)cc2)C[C@@H]1c1ccco1. The molecule has 4 amide bonds. The summed E-state index contributed by atoms with van der Waals surface area (Å²) in [6.45, 7) is -0.360. The molecular formula is C23H23ClN4O4. The summed E-state index contributed by atoms with van der Waals surface area (Å²) in [7, 11) is 0. The number of furan rings is 1. The Hall–Kier alpha value is -3.13. The van der Waals surface area contributed by atoms with Crippen LogP contribution in [0.5, 0.6) is 0 Å². The molecule has 0 bridgehead atoms. The van der Waals surface area contributed by atoms with Crippen LogP contribution in [0.4, 0.5) is 4.79 Å². The first kappa shape index (κ1) is 20.8. The zero-order valence-electron chi connectivity index (χ0n) is 17.4. The fourth-order valence-electron chi connectivity index (χ4n) is 4.78. The van der Waals surface area contributed by atoms with Gasteiger partial charge in [-0.3, -0.25) is 14.5 Å². The van der Waals surface area contributed by atoms with Gasteiger partial charge in [0.1, 0.15) is 23.9 Å². The minimum Gasteiger partial charge on any atom is -0.467 e. The lowest BCUT2D eigenvalue weighted by Gasteiger charge is -2.30. The van der Waals surface area contributed by atoms with Crippen LogP contribution < -0.4 is 5.32 Å². The van der Waals surface area contributed by atoms with Gasteiger partial charge < -0.3 is 9.73 Å². The quantitative estimate of drug-likeness (QED) is 0.709. The van der Waals surface area contributed by atoms with Crippen LogP contribution in [0.1, 0.15) is 55.9 Å². The van der Waals surface area contributed by atoms with Crippen LogP contribution in [-0.4, -0.2) is 45.5 Å². The molecule has 2 aliphatic heterocycles. The molecule has 1 spiro atoms. The van der Waals surface area contributed by atoms with E-state index >= 15 is 0 Å². The summed E-state index contributed by atoms with van der Waals surface area (Å²) in [5, 5.41) is 9.33. The maximum atomic E-state index is 13.3. The monoisotopic (exact) mass is 454 g/mol. The number of carbonyl (C=O) groups excluding carboxylic acids is 3. The molecule has 1 saturated carbocycles. The number of rotatable bonds is 4. The van der Waals surface area contributed by atoms with Crippen molar-refractivity contribution in [3.8, 4) is 0 Å². The van der Waals surface area contributed by atoms with Crippen molar-refractivity contribution in [3.63, 3.8) is 0 Å². The van der Waals surface area contributed by atoms with Gasteiger partial charge in [-0.15, -0.1) is 0 Å². The van der Waals surface area contributed by atoms with Gasteiger partial charge in [0.25, 0.3) is 11.8 Å². The third-order valence-electron chi connectivity index (χ3n) is 6.46. The highest BCUT2D eigenvalue weighted by Gasteiger charge is 2.52. The summed E-state index contributed by atoms with van der Waals surface area (Å²) >= 11 is 6.00. The second-order valence-electron chi connectivity index (χ2n) is 8.49. The summed E-state index contributed by atoms with van der Waals surface area (Å²) in [4.78, 5) is 40.0. The highest BCUT2D eigenvalue weighted by Crippen LogP contribution is 2.36. The standard InChI is InChI=1S/C23H23ClN4O4/c24-16-8-6-15(7-9-16)17-13-18(19-5-4-12-32-19)28(26-17)20(29)14-27-21(30)23(25-22(27)31)10-2-1-3-11-23/h4-9,12,18H,1-3,10-11,13-14H2,(H,25,31)/t18-/m1/s1. The first-order valence-electron chi connectivity index (χ1n) is 10.8. The minimum absolute atomic E-state index is 0.314. The number of hydrogen-bond acceptors (Lipinski definition) is 5. The second kappa shape index (κ2) is 8.09. The van der Waals surface area contributed by atoms with Crippen molar-refractivity contribution in [2.45, 2.75) is 50.1 Å². The third-order valence-corrected chi connectivity index (χ3v) is 6.71. The normalized spacial score (nSPS) is 22.4. The molecule has 2 aromatic rings. The van der Waals surface area contributed by atoms with Crippen LogP contribution in [0.2, 0.25) is 5.02 Å². The largest absolute Gasteiger partial charge is 0.467 e. The molecule has 1 N–H and O–H groups in total. The van der Waals surface area contributed by atoms with Gasteiger partial charge in [0.05, 0.1) is 12.0 Å². The summed E-state index contributed by atoms with van der Waals surface area (Å²) in [6.07, 6.45) is 6.03. The molecule has 2 fully saturated rings. The fraction of sp³-hybridized carbons (Fsp3) is 0.391. The van der Waals surface area contributed by atoms with Crippen molar-refractivity contribution >= 4 is 35.2 Å². The molecule has 0 unspecified atom stereocenters. The summed E-state index contributed by atoms with van der Waals surface area (Å²) in [5.41, 5.74) is 0.688. The van der Waals surface area contributed by atoms with Crippen molar-refractivity contribution < 1.29 is 18.8 Å². The first-order chi connectivity index (χ1) is 15.5. The Bertz CT molecular complexity index is 1070. The lowest BCUT2D eigenvalue weighted by atomic mass is 9.82. The molecule has 1 aromatic heterocycles. The van der Waals surface area contributed by atoms with E-state index in [2.05, 4.69) is 10.4 Å². The van der Waals surface area contributed by atoms with Gasteiger partial charge >= 0.3 is 6.03 Å². The predicted octanol–water partition coefficient (Wildman–Crippen LogP) is 3.87. The predicted molar refractivity (Wildman–Crippen MR) is 117 cm³/mol. The smallest absolute Gasteiger partial charge is 0.325 e. The molecule has 32 heavy (non-hydrogen) atoms. The number of hydrogen-bond donors (Lipinski definition) is 1. The summed E-state index contributed by atoms with van der Waals surface area (Å²) in [5.74, 6) is -0.162.